The van der Waals surface area contributed by atoms with Gasteiger partial charge < -0.3 is 5.32 Å². The molecular weight excluding hydrogens is 266 g/mol. The first-order chi connectivity index (χ1) is 8.95. The Morgan fingerprint density at radius 2 is 2.26 bits per heavy atom. The normalized spacial score (nSPS) is 13.3. The Labute approximate surface area is 114 Å². The van der Waals surface area contributed by atoms with Crippen LogP contribution in [0.15, 0.2) is 18.2 Å². The minimum absolute atomic E-state index is 0.0404. The van der Waals surface area contributed by atoms with Crippen LogP contribution in [0.4, 0.5) is 11.4 Å². The largest absolute Gasteiger partial charge is 0.385 e. The highest BCUT2D eigenvalue weighted by molar-refractivity contribution is 7.84. The van der Waals surface area contributed by atoms with Gasteiger partial charge in [-0.3, -0.25) is 14.3 Å². The van der Waals surface area contributed by atoms with Crippen molar-refractivity contribution in [1.29, 1.82) is 5.26 Å². The molecule has 0 fully saturated rings. The lowest BCUT2D eigenvalue weighted by Crippen LogP contribution is -2.14. The van der Waals surface area contributed by atoms with Crippen LogP contribution in [0.1, 0.15) is 18.9 Å². The molecule has 0 radical (unpaired) electrons. The Kier molecular flexibility index (Phi) is 5.45. The van der Waals surface area contributed by atoms with Gasteiger partial charge in [0, 0.05) is 40.6 Å². The first-order valence-corrected chi connectivity index (χ1v) is 7.32. The third kappa shape index (κ3) is 4.34. The van der Waals surface area contributed by atoms with E-state index in [0.29, 0.717) is 18.7 Å². The zero-order chi connectivity index (χ0) is 14.4. The van der Waals surface area contributed by atoms with E-state index in [0.717, 1.165) is 0 Å². The summed E-state index contributed by atoms with van der Waals surface area (Å²) in [5.74, 6) is 0. The highest BCUT2D eigenvalue weighted by Crippen LogP contribution is 2.22. The van der Waals surface area contributed by atoms with Crippen LogP contribution < -0.4 is 5.32 Å². The van der Waals surface area contributed by atoms with E-state index >= 15 is 0 Å². The standard InChI is InChI=1S/C12H15N3O3S/c1-9(19(2)18)5-6-14-11-4-3-10(8-13)12(7-11)15(16)17/h3-4,7,9,14H,5-6H2,1-2H3. The van der Waals surface area contributed by atoms with Crippen molar-refractivity contribution < 1.29 is 9.13 Å². The molecule has 102 valence electrons. The molecular formula is C12H15N3O3S. The van der Waals surface area contributed by atoms with Crippen molar-refractivity contribution in [1.82, 2.24) is 0 Å². The summed E-state index contributed by atoms with van der Waals surface area (Å²) < 4.78 is 11.2. The lowest BCUT2D eigenvalue weighted by atomic mass is 10.1. The van der Waals surface area contributed by atoms with Crippen LogP contribution in [-0.2, 0) is 10.8 Å². The van der Waals surface area contributed by atoms with Gasteiger partial charge in [0.25, 0.3) is 5.69 Å². The summed E-state index contributed by atoms with van der Waals surface area (Å²) in [5, 5.41) is 22.6. The molecule has 0 aliphatic carbocycles. The van der Waals surface area contributed by atoms with Crippen LogP contribution in [0.25, 0.3) is 0 Å². The fourth-order valence-corrected chi connectivity index (χ4v) is 1.92. The molecule has 0 aliphatic rings. The van der Waals surface area contributed by atoms with Gasteiger partial charge in [0.2, 0.25) is 0 Å². The minimum Gasteiger partial charge on any atom is -0.385 e. The molecule has 7 heteroatoms. The molecule has 1 N–H and O–H groups in total. The van der Waals surface area contributed by atoms with Crippen molar-refractivity contribution in [3.8, 4) is 6.07 Å². The summed E-state index contributed by atoms with van der Waals surface area (Å²) in [7, 11) is -0.876. The van der Waals surface area contributed by atoms with Crippen molar-refractivity contribution in [3.63, 3.8) is 0 Å². The van der Waals surface area contributed by atoms with Gasteiger partial charge in [-0.25, -0.2) is 0 Å². The quantitative estimate of drug-likeness (QED) is 0.635. The number of nitro groups is 1. The van der Waals surface area contributed by atoms with Gasteiger partial charge in [-0.15, -0.1) is 0 Å². The van der Waals surface area contributed by atoms with E-state index < -0.39 is 15.7 Å². The third-order valence-electron chi connectivity index (χ3n) is 2.76. The molecule has 0 saturated carbocycles. The summed E-state index contributed by atoms with van der Waals surface area (Å²) in [6.45, 7) is 2.46. The summed E-state index contributed by atoms with van der Waals surface area (Å²) in [6.07, 6.45) is 2.36. The first kappa shape index (κ1) is 15.1. The van der Waals surface area contributed by atoms with Crippen molar-refractivity contribution >= 4 is 22.2 Å². The second kappa shape index (κ2) is 6.85. The maximum atomic E-state index is 11.2. The smallest absolute Gasteiger partial charge is 0.289 e. The molecule has 19 heavy (non-hydrogen) atoms. The van der Waals surface area contributed by atoms with Crippen LogP contribution in [-0.4, -0.2) is 27.2 Å². The lowest BCUT2D eigenvalue weighted by Gasteiger charge is -2.10. The van der Waals surface area contributed by atoms with Gasteiger partial charge in [0.15, 0.2) is 0 Å². The van der Waals surface area contributed by atoms with Gasteiger partial charge in [-0.05, 0) is 18.6 Å². The second-order valence-corrected chi connectivity index (χ2v) is 5.93. The van der Waals surface area contributed by atoms with Crippen molar-refractivity contribution in [2.75, 3.05) is 18.1 Å². The minimum atomic E-state index is -0.876. The first-order valence-electron chi connectivity index (χ1n) is 5.70. The SMILES string of the molecule is CC(CCNc1ccc(C#N)c([N+](=O)[O-])c1)S(C)=O. The molecule has 1 aromatic carbocycles. The van der Waals surface area contributed by atoms with Crippen LogP contribution >= 0.6 is 0 Å². The monoisotopic (exact) mass is 281 g/mol. The Hall–Kier alpha value is -1.94. The predicted octanol–water partition coefficient (Wildman–Crippen LogP) is 2.04. The Bertz CT molecular complexity index is 540. The van der Waals surface area contributed by atoms with E-state index in [4.69, 9.17) is 5.26 Å². The summed E-state index contributed by atoms with van der Waals surface area (Å²) in [4.78, 5) is 10.2. The second-order valence-electron chi connectivity index (χ2n) is 4.13. The average molecular weight is 281 g/mol. The molecule has 0 aromatic heterocycles. The van der Waals surface area contributed by atoms with Crippen LogP contribution in [0.3, 0.4) is 0 Å². The Morgan fingerprint density at radius 3 is 2.79 bits per heavy atom. The fraction of sp³-hybridized carbons (Fsp3) is 0.417. The van der Waals surface area contributed by atoms with Crippen LogP contribution in [0, 0.1) is 21.4 Å². The molecule has 1 rings (SSSR count). The number of nitrogens with zero attached hydrogens (tertiary/aromatic N) is 2. The Morgan fingerprint density at radius 1 is 1.58 bits per heavy atom. The number of benzene rings is 1. The number of hydrogen-bond acceptors (Lipinski definition) is 5. The van der Waals surface area contributed by atoms with Gasteiger partial charge >= 0.3 is 0 Å². The maximum absolute atomic E-state index is 11.2. The van der Waals surface area contributed by atoms with E-state index in [1.165, 1.54) is 12.1 Å². The number of nitrogens with one attached hydrogen (secondary N) is 1. The molecule has 1 aromatic rings. The molecule has 0 amide bonds. The third-order valence-corrected chi connectivity index (χ3v) is 4.13. The molecule has 0 bridgehead atoms. The number of nitro benzene ring substituents is 1. The maximum Gasteiger partial charge on any atom is 0.289 e. The number of nitriles is 1. The summed E-state index contributed by atoms with van der Waals surface area (Å²) in [5.41, 5.74) is 0.415. The molecule has 0 heterocycles. The fourth-order valence-electron chi connectivity index (χ4n) is 1.47. The van der Waals surface area contributed by atoms with Gasteiger partial charge in [-0.1, -0.05) is 6.92 Å². The van der Waals surface area contributed by atoms with E-state index in [9.17, 15) is 14.3 Å². The molecule has 0 saturated heterocycles. The Balaban J connectivity index is 2.71. The topological polar surface area (TPSA) is 96.0 Å². The van der Waals surface area contributed by atoms with E-state index in [2.05, 4.69) is 5.32 Å². The zero-order valence-electron chi connectivity index (χ0n) is 10.8. The molecule has 2 atom stereocenters. The van der Waals surface area contributed by atoms with Crippen molar-refractivity contribution in [2.45, 2.75) is 18.6 Å². The zero-order valence-corrected chi connectivity index (χ0v) is 11.6. The predicted molar refractivity (Wildman–Crippen MR) is 74.4 cm³/mol. The summed E-state index contributed by atoms with van der Waals surface area (Å²) >= 11 is 0. The van der Waals surface area contributed by atoms with Crippen molar-refractivity contribution in [3.05, 3.63) is 33.9 Å². The number of hydrogen-bond donors (Lipinski definition) is 1. The van der Waals surface area contributed by atoms with Crippen LogP contribution in [0.2, 0.25) is 0 Å². The van der Waals surface area contributed by atoms with E-state index in [1.807, 2.05) is 6.92 Å². The highest BCUT2D eigenvalue weighted by atomic mass is 32.2. The van der Waals surface area contributed by atoms with Gasteiger partial charge in [0.1, 0.15) is 11.6 Å². The van der Waals surface area contributed by atoms with Gasteiger partial charge in [0.05, 0.1) is 4.92 Å². The van der Waals surface area contributed by atoms with Gasteiger partial charge in [-0.2, -0.15) is 5.26 Å². The van der Waals surface area contributed by atoms with E-state index in [-0.39, 0.29) is 16.5 Å². The number of rotatable bonds is 6. The lowest BCUT2D eigenvalue weighted by molar-refractivity contribution is -0.385. The highest BCUT2D eigenvalue weighted by Gasteiger charge is 2.14. The molecule has 0 aliphatic heterocycles. The molecule has 0 spiro atoms. The average Bonchev–Trinajstić information content (AvgIpc) is 2.38. The number of anilines is 1. The summed E-state index contributed by atoms with van der Waals surface area (Å²) in [6, 6.07) is 6.17. The van der Waals surface area contributed by atoms with Crippen molar-refractivity contribution in [2.24, 2.45) is 0 Å². The van der Waals surface area contributed by atoms with Crippen LogP contribution in [0.5, 0.6) is 0 Å². The molecule has 2 unspecified atom stereocenters. The molecule has 6 nitrogen and oxygen atoms in total. The van der Waals surface area contributed by atoms with E-state index in [1.54, 1.807) is 18.4 Å².